The van der Waals surface area contributed by atoms with Crippen molar-refractivity contribution in [1.82, 2.24) is 10.2 Å². The van der Waals surface area contributed by atoms with Crippen molar-refractivity contribution in [3.63, 3.8) is 0 Å². The fourth-order valence-corrected chi connectivity index (χ4v) is 2.36. The lowest BCUT2D eigenvalue weighted by atomic mass is 10.1. The van der Waals surface area contributed by atoms with Gasteiger partial charge in [-0.05, 0) is 48.0 Å². The van der Waals surface area contributed by atoms with Gasteiger partial charge in [-0.15, -0.1) is 0 Å². The van der Waals surface area contributed by atoms with E-state index in [4.69, 9.17) is 9.47 Å². The average molecular weight is 342 g/mol. The summed E-state index contributed by atoms with van der Waals surface area (Å²) in [6, 6.07) is -0.478. The lowest BCUT2D eigenvalue weighted by molar-refractivity contribution is -0.160. The monoisotopic (exact) mass is 342 g/mol. The van der Waals surface area contributed by atoms with Crippen molar-refractivity contribution in [2.24, 2.45) is 0 Å². The number of esters is 2. The van der Waals surface area contributed by atoms with Gasteiger partial charge in [-0.1, -0.05) is 0 Å². The van der Waals surface area contributed by atoms with Gasteiger partial charge in [0.1, 0.15) is 17.7 Å². The molecule has 0 bridgehead atoms. The van der Waals surface area contributed by atoms with Crippen molar-refractivity contribution in [2.45, 2.75) is 71.6 Å². The Morgan fingerprint density at radius 2 is 1.62 bits per heavy atom. The molecule has 138 valence electrons. The van der Waals surface area contributed by atoms with E-state index in [1.54, 1.807) is 41.5 Å². The topological polar surface area (TPSA) is 84.9 Å². The number of carbonyl (C=O) groups excluding carboxylic acids is 3. The SMILES string of the molecule is CC(C)(C)OC(=O)CC[C@@H]1NCCN(CC(=O)OC(C)(C)C)C1=O. The van der Waals surface area contributed by atoms with Crippen LogP contribution in [0, 0.1) is 0 Å². The molecule has 1 aliphatic heterocycles. The fourth-order valence-electron chi connectivity index (χ4n) is 2.36. The molecule has 24 heavy (non-hydrogen) atoms. The summed E-state index contributed by atoms with van der Waals surface area (Å²) >= 11 is 0. The largest absolute Gasteiger partial charge is 0.460 e. The van der Waals surface area contributed by atoms with Crippen LogP contribution < -0.4 is 5.32 Å². The van der Waals surface area contributed by atoms with Crippen LogP contribution in [-0.2, 0) is 23.9 Å². The summed E-state index contributed by atoms with van der Waals surface area (Å²) in [5.41, 5.74) is -1.12. The maximum absolute atomic E-state index is 12.4. The lowest BCUT2D eigenvalue weighted by Gasteiger charge is -2.33. The number of carbonyl (C=O) groups is 3. The fraction of sp³-hybridized carbons (Fsp3) is 0.824. The first-order valence-electron chi connectivity index (χ1n) is 8.33. The summed E-state index contributed by atoms with van der Waals surface area (Å²) < 4.78 is 10.5. The Bertz CT molecular complexity index is 476. The Balaban J connectivity index is 2.50. The number of nitrogens with zero attached hydrogens (tertiary/aromatic N) is 1. The van der Waals surface area contributed by atoms with Gasteiger partial charge in [0, 0.05) is 19.5 Å². The molecule has 0 aromatic heterocycles. The van der Waals surface area contributed by atoms with E-state index in [0.717, 1.165) is 0 Å². The Hall–Kier alpha value is -1.63. The number of piperazine rings is 1. The number of nitrogens with one attached hydrogen (secondary N) is 1. The molecule has 1 rings (SSSR count). The lowest BCUT2D eigenvalue weighted by Crippen LogP contribution is -2.56. The first-order chi connectivity index (χ1) is 10.9. The molecule has 1 heterocycles. The molecule has 0 aromatic rings. The van der Waals surface area contributed by atoms with Gasteiger partial charge in [-0.3, -0.25) is 14.4 Å². The molecule has 1 N–H and O–H groups in total. The molecule has 0 unspecified atom stereocenters. The van der Waals surface area contributed by atoms with Crippen LogP contribution in [0.2, 0.25) is 0 Å². The van der Waals surface area contributed by atoms with Crippen LogP contribution in [-0.4, -0.2) is 59.6 Å². The summed E-state index contributed by atoms with van der Waals surface area (Å²) in [5, 5.41) is 3.09. The van der Waals surface area contributed by atoms with Crippen LogP contribution >= 0.6 is 0 Å². The average Bonchev–Trinajstić information content (AvgIpc) is 2.35. The minimum atomic E-state index is -0.579. The Labute approximate surface area is 144 Å². The normalized spacial score (nSPS) is 19.2. The van der Waals surface area contributed by atoms with Crippen LogP contribution in [0.5, 0.6) is 0 Å². The molecular formula is C17H30N2O5. The highest BCUT2D eigenvalue weighted by Gasteiger charge is 2.31. The molecular weight excluding hydrogens is 312 g/mol. The van der Waals surface area contributed by atoms with Crippen molar-refractivity contribution in [2.75, 3.05) is 19.6 Å². The number of hydrogen-bond donors (Lipinski definition) is 1. The second kappa shape index (κ2) is 7.96. The molecule has 1 atom stereocenters. The zero-order valence-electron chi connectivity index (χ0n) is 15.6. The molecule has 0 aromatic carbocycles. The van der Waals surface area contributed by atoms with Gasteiger partial charge in [0.05, 0.1) is 6.04 Å². The maximum atomic E-state index is 12.4. The molecule has 7 heteroatoms. The second-order valence-electron chi connectivity index (χ2n) is 7.98. The molecule has 1 aliphatic rings. The number of hydrogen-bond acceptors (Lipinski definition) is 6. The summed E-state index contributed by atoms with van der Waals surface area (Å²) in [5.74, 6) is -0.944. The molecule has 7 nitrogen and oxygen atoms in total. The number of ether oxygens (including phenoxy) is 2. The predicted octanol–water partition coefficient (Wildman–Crippen LogP) is 1.25. The molecule has 0 aliphatic carbocycles. The van der Waals surface area contributed by atoms with Crippen LogP contribution in [0.4, 0.5) is 0 Å². The van der Waals surface area contributed by atoms with E-state index in [0.29, 0.717) is 19.5 Å². The van der Waals surface area contributed by atoms with Crippen molar-refractivity contribution in [3.8, 4) is 0 Å². The first-order valence-corrected chi connectivity index (χ1v) is 8.33. The van der Waals surface area contributed by atoms with Crippen LogP contribution in [0.1, 0.15) is 54.4 Å². The minimum Gasteiger partial charge on any atom is -0.460 e. The minimum absolute atomic E-state index is 0.0687. The van der Waals surface area contributed by atoms with E-state index in [1.165, 1.54) is 4.90 Å². The van der Waals surface area contributed by atoms with Gasteiger partial charge in [0.15, 0.2) is 0 Å². The molecule has 1 amide bonds. The third kappa shape index (κ3) is 7.77. The zero-order valence-corrected chi connectivity index (χ0v) is 15.6. The molecule has 0 saturated carbocycles. The van der Waals surface area contributed by atoms with E-state index >= 15 is 0 Å². The van der Waals surface area contributed by atoms with Crippen LogP contribution in [0.15, 0.2) is 0 Å². The standard InChI is InChI=1S/C17H30N2O5/c1-16(2,3)23-13(20)8-7-12-15(22)19(10-9-18-12)11-14(21)24-17(4,5)6/h12,18H,7-11H2,1-6H3/t12-/m0/s1. The van der Waals surface area contributed by atoms with E-state index in [9.17, 15) is 14.4 Å². The van der Waals surface area contributed by atoms with Gasteiger partial charge in [-0.25, -0.2) is 0 Å². The van der Waals surface area contributed by atoms with Gasteiger partial charge in [-0.2, -0.15) is 0 Å². The van der Waals surface area contributed by atoms with E-state index in [-0.39, 0.29) is 24.8 Å². The van der Waals surface area contributed by atoms with Gasteiger partial charge in [0.25, 0.3) is 0 Å². The highest BCUT2D eigenvalue weighted by molar-refractivity contribution is 5.87. The Morgan fingerprint density at radius 3 is 2.17 bits per heavy atom. The third-order valence-electron chi connectivity index (χ3n) is 3.18. The highest BCUT2D eigenvalue weighted by Crippen LogP contribution is 2.13. The predicted molar refractivity (Wildman–Crippen MR) is 89.3 cm³/mol. The van der Waals surface area contributed by atoms with Gasteiger partial charge in [0.2, 0.25) is 5.91 Å². The first kappa shape index (κ1) is 20.4. The van der Waals surface area contributed by atoms with E-state index < -0.39 is 23.2 Å². The summed E-state index contributed by atoms with van der Waals surface area (Å²) in [7, 11) is 0. The van der Waals surface area contributed by atoms with E-state index in [2.05, 4.69) is 5.32 Å². The van der Waals surface area contributed by atoms with Crippen LogP contribution in [0.25, 0.3) is 0 Å². The van der Waals surface area contributed by atoms with Crippen LogP contribution in [0.3, 0.4) is 0 Å². The Kier molecular flexibility index (Phi) is 6.77. The van der Waals surface area contributed by atoms with Crippen molar-refractivity contribution >= 4 is 17.8 Å². The summed E-state index contributed by atoms with van der Waals surface area (Å²) in [6.45, 7) is 11.7. The van der Waals surface area contributed by atoms with Crippen molar-refractivity contribution in [3.05, 3.63) is 0 Å². The highest BCUT2D eigenvalue weighted by atomic mass is 16.6. The second-order valence-corrected chi connectivity index (χ2v) is 7.98. The number of rotatable bonds is 5. The summed E-state index contributed by atoms with van der Waals surface area (Å²) in [6.07, 6.45) is 0.500. The summed E-state index contributed by atoms with van der Waals surface area (Å²) in [4.78, 5) is 37.6. The smallest absolute Gasteiger partial charge is 0.326 e. The van der Waals surface area contributed by atoms with Gasteiger partial charge >= 0.3 is 11.9 Å². The maximum Gasteiger partial charge on any atom is 0.326 e. The van der Waals surface area contributed by atoms with E-state index in [1.807, 2.05) is 0 Å². The molecule has 1 fully saturated rings. The number of amides is 1. The molecule has 0 spiro atoms. The zero-order chi connectivity index (χ0) is 18.5. The van der Waals surface area contributed by atoms with Crippen molar-refractivity contribution in [1.29, 1.82) is 0 Å². The molecule has 0 radical (unpaired) electrons. The quantitative estimate of drug-likeness (QED) is 0.757. The third-order valence-corrected chi connectivity index (χ3v) is 3.18. The van der Waals surface area contributed by atoms with Crippen molar-refractivity contribution < 1.29 is 23.9 Å². The Morgan fingerprint density at radius 1 is 1.08 bits per heavy atom. The molecule has 1 saturated heterocycles. The van der Waals surface area contributed by atoms with Gasteiger partial charge < -0.3 is 19.7 Å².